The van der Waals surface area contributed by atoms with E-state index in [-0.39, 0.29) is 23.5 Å². The summed E-state index contributed by atoms with van der Waals surface area (Å²) in [6.07, 6.45) is 0.603. The minimum atomic E-state index is -3.58. The zero-order chi connectivity index (χ0) is 18.7. The standard InChI is InChI=1S/C18H19BrF2N2O2S/c19-14-5-7-15(8-6-14)26(24,25)23-10-2-9-22(11-12-23)13-16-17(20)3-1-4-18(16)21/h1,3-8H,2,9-13H2. The Morgan fingerprint density at radius 3 is 2.23 bits per heavy atom. The minimum Gasteiger partial charge on any atom is -0.298 e. The van der Waals surface area contributed by atoms with E-state index in [0.29, 0.717) is 26.1 Å². The lowest BCUT2D eigenvalue weighted by Crippen LogP contribution is -2.35. The largest absolute Gasteiger partial charge is 0.298 e. The van der Waals surface area contributed by atoms with Crippen molar-refractivity contribution < 1.29 is 17.2 Å². The Morgan fingerprint density at radius 2 is 1.58 bits per heavy atom. The van der Waals surface area contributed by atoms with E-state index in [9.17, 15) is 17.2 Å². The van der Waals surface area contributed by atoms with E-state index in [4.69, 9.17) is 0 Å². The molecule has 0 atom stereocenters. The van der Waals surface area contributed by atoms with Crippen LogP contribution in [0.1, 0.15) is 12.0 Å². The highest BCUT2D eigenvalue weighted by Crippen LogP contribution is 2.21. The maximum atomic E-state index is 13.9. The molecule has 8 heteroatoms. The molecular weight excluding hydrogens is 426 g/mol. The molecule has 0 amide bonds. The number of nitrogens with zero attached hydrogens (tertiary/aromatic N) is 2. The molecule has 0 saturated carbocycles. The third kappa shape index (κ3) is 4.31. The van der Waals surface area contributed by atoms with Crippen molar-refractivity contribution in [1.82, 2.24) is 9.21 Å². The minimum absolute atomic E-state index is 0.0247. The summed E-state index contributed by atoms with van der Waals surface area (Å²) in [7, 11) is -3.58. The summed E-state index contributed by atoms with van der Waals surface area (Å²) < 4.78 is 55.5. The molecule has 1 aliphatic heterocycles. The van der Waals surface area contributed by atoms with Crippen LogP contribution < -0.4 is 0 Å². The average molecular weight is 445 g/mol. The molecule has 1 saturated heterocycles. The zero-order valence-electron chi connectivity index (χ0n) is 14.0. The molecule has 0 unspecified atom stereocenters. The third-order valence-corrected chi connectivity index (χ3v) is 6.88. The Hall–Kier alpha value is -1.35. The quantitative estimate of drug-likeness (QED) is 0.722. The van der Waals surface area contributed by atoms with Crippen LogP contribution in [-0.4, -0.2) is 43.8 Å². The summed E-state index contributed by atoms with van der Waals surface area (Å²) in [6, 6.07) is 10.3. The molecule has 1 fully saturated rings. The number of rotatable bonds is 4. The van der Waals surface area contributed by atoms with Crippen LogP contribution >= 0.6 is 15.9 Å². The summed E-state index contributed by atoms with van der Waals surface area (Å²) in [5, 5.41) is 0. The van der Waals surface area contributed by atoms with Crippen molar-refractivity contribution in [2.45, 2.75) is 17.9 Å². The maximum absolute atomic E-state index is 13.9. The van der Waals surface area contributed by atoms with Crippen LogP contribution in [-0.2, 0) is 16.6 Å². The van der Waals surface area contributed by atoms with E-state index < -0.39 is 21.7 Å². The van der Waals surface area contributed by atoms with Crippen molar-refractivity contribution >= 4 is 26.0 Å². The van der Waals surface area contributed by atoms with E-state index in [1.807, 2.05) is 4.90 Å². The molecule has 0 aromatic heterocycles. The van der Waals surface area contributed by atoms with Crippen molar-refractivity contribution in [3.05, 3.63) is 64.1 Å². The van der Waals surface area contributed by atoms with Crippen molar-refractivity contribution in [3.63, 3.8) is 0 Å². The van der Waals surface area contributed by atoms with Gasteiger partial charge in [0.1, 0.15) is 11.6 Å². The number of sulfonamides is 1. The first kappa shape index (κ1) is 19.4. The van der Waals surface area contributed by atoms with E-state index in [0.717, 1.165) is 4.47 Å². The van der Waals surface area contributed by atoms with Crippen LogP contribution in [0.3, 0.4) is 0 Å². The number of hydrogen-bond acceptors (Lipinski definition) is 3. The van der Waals surface area contributed by atoms with Crippen molar-refractivity contribution in [1.29, 1.82) is 0 Å². The monoisotopic (exact) mass is 444 g/mol. The van der Waals surface area contributed by atoms with Crippen LogP contribution in [0.25, 0.3) is 0 Å². The normalized spacial score (nSPS) is 17.2. The Labute approximate surface area is 160 Å². The van der Waals surface area contributed by atoms with E-state index in [1.54, 1.807) is 24.3 Å². The first-order chi connectivity index (χ1) is 12.4. The molecule has 0 spiro atoms. The number of hydrogen-bond donors (Lipinski definition) is 0. The summed E-state index contributed by atoms with van der Waals surface area (Å²) in [5.41, 5.74) is 0.0247. The van der Waals surface area contributed by atoms with Gasteiger partial charge in [-0.1, -0.05) is 22.0 Å². The maximum Gasteiger partial charge on any atom is 0.243 e. The predicted molar refractivity (Wildman–Crippen MR) is 99.2 cm³/mol. The molecular formula is C18H19BrF2N2O2S. The third-order valence-electron chi connectivity index (χ3n) is 4.44. The fourth-order valence-corrected chi connectivity index (χ4v) is 4.74. The highest BCUT2D eigenvalue weighted by molar-refractivity contribution is 9.10. The second kappa shape index (κ2) is 8.12. The Bertz CT molecular complexity index is 855. The van der Waals surface area contributed by atoms with Gasteiger partial charge in [0.25, 0.3) is 0 Å². The summed E-state index contributed by atoms with van der Waals surface area (Å²) in [4.78, 5) is 2.13. The molecule has 0 N–H and O–H groups in total. The van der Waals surface area contributed by atoms with Gasteiger partial charge in [-0.2, -0.15) is 4.31 Å². The SMILES string of the molecule is O=S(=O)(c1ccc(Br)cc1)N1CCCN(Cc2c(F)cccc2F)CC1. The molecule has 1 aliphatic rings. The van der Waals surface area contributed by atoms with Crippen LogP contribution in [0, 0.1) is 11.6 Å². The van der Waals surface area contributed by atoms with Crippen molar-refractivity contribution in [2.75, 3.05) is 26.2 Å². The number of halogens is 3. The van der Waals surface area contributed by atoms with Gasteiger partial charge in [-0.3, -0.25) is 4.90 Å². The Morgan fingerprint density at radius 1 is 0.923 bits per heavy atom. The molecule has 2 aromatic rings. The molecule has 0 radical (unpaired) electrons. The molecule has 4 nitrogen and oxygen atoms in total. The van der Waals surface area contributed by atoms with Crippen LogP contribution in [0.5, 0.6) is 0 Å². The van der Waals surface area contributed by atoms with Crippen molar-refractivity contribution in [2.24, 2.45) is 0 Å². The van der Waals surface area contributed by atoms with E-state index in [1.165, 1.54) is 22.5 Å². The second-order valence-electron chi connectivity index (χ2n) is 6.19. The molecule has 0 bridgehead atoms. The van der Waals surface area contributed by atoms with Gasteiger partial charge in [0, 0.05) is 36.2 Å². The summed E-state index contributed by atoms with van der Waals surface area (Å²) >= 11 is 3.30. The fraction of sp³-hybridized carbons (Fsp3) is 0.333. The molecule has 0 aliphatic carbocycles. The van der Waals surface area contributed by atoms with Crippen LogP contribution in [0.2, 0.25) is 0 Å². The lowest BCUT2D eigenvalue weighted by atomic mass is 10.2. The van der Waals surface area contributed by atoms with Gasteiger partial charge in [0.05, 0.1) is 4.90 Å². The first-order valence-electron chi connectivity index (χ1n) is 8.29. The number of benzene rings is 2. The molecule has 140 valence electrons. The average Bonchev–Trinajstić information content (AvgIpc) is 2.85. The van der Waals surface area contributed by atoms with Crippen molar-refractivity contribution in [3.8, 4) is 0 Å². The zero-order valence-corrected chi connectivity index (χ0v) is 16.4. The van der Waals surface area contributed by atoms with Crippen LogP contribution in [0.4, 0.5) is 8.78 Å². The Kier molecular flexibility index (Phi) is 6.06. The van der Waals surface area contributed by atoms with Gasteiger partial charge in [0.2, 0.25) is 10.0 Å². The smallest absolute Gasteiger partial charge is 0.243 e. The predicted octanol–water partition coefficient (Wildman–Crippen LogP) is 3.62. The molecule has 1 heterocycles. The highest BCUT2D eigenvalue weighted by atomic mass is 79.9. The summed E-state index contributed by atoms with van der Waals surface area (Å²) in [6.45, 7) is 1.80. The molecule has 3 rings (SSSR count). The second-order valence-corrected chi connectivity index (χ2v) is 9.04. The molecule has 2 aromatic carbocycles. The highest BCUT2D eigenvalue weighted by Gasteiger charge is 2.27. The van der Waals surface area contributed by atoms with Crippen LogP contribution in [0.15, 0.2) is 51.8 Å². The van der Waals surface area contributed by atoms with Gasteiger partial charge >= 0.3 is 0 Å². The topological polar surface area (TPSA) is 40.6 Å². The Balaban J connectivity index is 1.71. The van der Waals surface area contributed by atoms with Gasteiger partial charge in [-0.05, 0) is 49.4 Å². The molecule has 26 heavy (non-hydrogen) atoms. The van der Waals surface area contributed by atoms with Gasteiger partial charge < -0.3 is 0 Å². The first-order valence-corrected chi connectivity index (χ1v) is 10.5. The lowest BCUT2D eigenvalue weighted by molar-refractivity contribution is 0.270. The lowest BCUT2D eigenvalue weighted by Gasteiger charge is -2.22. The van der Waals surface area contributed by atoms with Gasteiger partial charge in [-0.15, -0.1) is 0 Å². The summed E-state index contributed by atoms with van der Waals surface area (Å²) in [5.74, 6) is -1.15. The fourth-order valence-electron chi connectivity index (χ4n) is 3.01. The van der Waals surface area contributed by atoms with E-state index >= 15 is 0 Å². The van der Waals surface area contributed by atoms with Gasteiger partial charge in [0.15, 0.2) is 0 Å². The van der Waals surface area contributed by atoms with E-state index in [2.05, 4.69) is 15.9 Å². The van der Waals surface area contributed by atoms with Gasteiger partial charge in [-0.25, -0.2) is 17.2 Å².